The summed E-state index contributed by atoms with van der Waals surface area (Å²) in [6.07, 6.45) is 1.83. The fraction of sp³-hybridized carbons (Fsp3) is 0.923. The Morgan fingerprint density at radius 2 is 2.12 bits per heavy atom. The van der Waals surface area contributed by atoms with Crippen LogP contribution in [0.4, 0.5) is 0 Å². The van der Waals surface area contributed by atoms with Crippen LogP contribution in [0.3, 0.4) is 0 Å². The van der Waals surface area contributed by atoms with Crippen molar-refractivity contribution in [2.24, 2.45) is 17.8 Å². The number of rotatable bonds is 2. The van der Waals surface area contributed by atoms with E-state index in [-0.39, 0.29) is 24.5 Å². The SMILES string of the molecule is CC1COCCC1C(=O)N1CCC(C)C1CO. The molecule has 2 aliphatic heterocycles. The summed E-state index contributed by atoms with van der Waals surface area (Å²) >= 11 is 0. The first kappa shape index (κ1) is 12.8. The first-order valence-electron chi connectivity index (χ1n) is 6.64. The van der Waals surface area contributed by atoms with Crippen molar-refractivity contribution in [1.29, 1.82) is 0 Å². The van der Waals surface area contributed by atoms with Crippen LogP contribution in [0, 0.1) is 17.8 Å². The highest BCUT2D eigenvalue weighted by molar-refractivity contribution is 5.80. The van der Waals surface area contributed by atoms with Gasteiger partial charge in [0.1, 0.15) is 0 Å². The predicted molar refractivity (Wildman–Crippen MR) is 64.5 cm³/mol. The maximum Gasteiger partial charge on any atom is 0.226 e. The highest BCUT2D eigenvalue weighted by atomic mass is 16.5. The molecule has 0 spiro atoms. The third-order valence-corrected chi connectivity index (χ3v) is 4.31. The van der Waals surface area contributed by atoms with Gasteiger partial charge in [-0.15, -0.1) is 0 Å². The quantitative estimate of drug-likeness (QED) is 0.781. The summed E-state index contributed by atoms with van der Waals surface area (Å²) in [7, 11) is 0. The average Bonchev–Trinajstić information content (AvgIpc) is 2.70. The Morgan fingerprint density at radius 3 is 2.76 bits per heavy atom. The van der Waals surface area contributed by atoms with Crippen molar-refractivity contribution in [1.82, 2.24) is 4.90 Å². The summed E-state index contributed by atoms with van der Waals surface area (Å²) in [4.78, 5) is 14.4. The molecule has 2 saturated heterocycles. The van der Waals surface area contributed by atoms with Crippen molar-refractivity contribution in [2.45, 2.75) is 32.7 Å². The molecule has 1 N–H and O–H groups in total. The number of carbonyl (C=O) groups excluding carboxylic acids is 1. The van der Waals surface area contributed by atoms with Crippen molar-refractivity contribution in [2.75, 3.05) is 26.4 Å². The molecule has 0 aliphatic carbocycles. The fourth-order valence-corrected chi connectivity index (χ4v) is 3.02. The molecule has 2 aliphatic rings. The summed E-state index contributed by atoms with van der Waals surface area (Å²) in [5, 5.41) is 9.40. The zero-order chi connectivity index (χ0) is 12.4. The molecule has 17 heavy (non-hydrogen) atoms. The summed E-state index contributed by atoms with van der Waals surface area (Å²) < 4.78 is 5.38. The number of aliphatic hydroxyl groups excluding tert-OH is 1. The highest BCUT2D eigenvalue weighted by Crippen LogP contribution is 2.30. The molecule has 4 nitrogen and oxygen atoms in total. The van der Waals surface area contributed by atoms with Crippen molar-refractivity contribution >= 4 is 5.91 Å². The van der Waals surface area contributed by atoms with E-state index >= 15 is 0 Å². The van der Waals surface area contributed by atoms with Gasteiger partial charge in [0.05, 0.1) is 12.6 Å². The topological polar surface area (TPSA) is 49.8 Å². The molecule has 0 aromatic carbocycles. The lowest BCUT2D eigenvalue weighted by atomic mass is 9.88. The van der Waals surface area contributed by atoms with Crippen LogP contribution in [0.25, 0.3) is 0 Å². The van der Waals surface area contributed by atoms with Gasteiger partial charge >= 0.3 is 0 Å². The molecule has 4 atom stereocenters. The number of hydrogen-bond donors (Lipinski definition) is 1. The van der Waals surface area contributed by atoms with E-state index in [1.807, 2.05) is 4.90 Å². The number of aliphatic hydroxyl groups is 1. The molecule has 0 bridgehead atoms. The summed E-state index contributed by atoms with van der Waals surface area (Å²) in [6, 6.07) is 0.0255. The third-order valence-electron chi connectivity index (χ3n) is 4.31. The van der Waals surface area contributed by atoms with Gasteiger partial charge in [-0.2, -0.15) is 0 Å². The van der Waals surface area contributed by atoms with Crippen LogP contribution >= 0.6 is 0 Å². The first-order valence-corrected chi connectivity index (χ1v) is 6.64. The lowest BCUT2D eigenvalue weighted by Crippen LogP contribution is -2.46. The Kier molecular flexibility index (Phi) is 4.05. The summed E-state index contributed by atoms with van der Waals surface area (Å²) in [5.74, 6) is 1.03. The highest BCUT2D eigenvalue weighted by Gasteiger charge is 2.39. The monoisotopic (exact) mass is 241 g/mol. The van der Waals surface area contributed by atoms with Gasteiger partial charge in [-0.1, -0.05) is 13.8 Å². The van der Waals surface area contributed by atoms with Crippen LogP contribution in [-0.4, -0.2) is 48.3 Å². The molecular weight excluding hydrogens is 218 g/mol. The van der Waals surface area contributed by atoms with E-state index in [1.54, 1.807) is 0 Å². The molecule has 0 aromatic heterocycles. The number of hydrogen-bond acceptors (Lipinski definition) is 3. The number of amides is 1. The van der Waals surface area contributed by atoms with Crippen LogP contribution in [-0.2, 0) is 9.53 Å². The lowest BCUT2D eigenvalue weighted by Gasteiger charge is -2.34. The molecule has 0 saturated carbocycles. The maximum absolute atomic E-state index is 12.5. The zero-order valence-corrected chi connectivity index (χ0v) is 10.8. The Hall–Kier alpha value is -0.610. The van der Waals surface area contributed by atoms with Gasteiger partial charge in [-0.25, -0.2) is 0 Å². The van der Waals surface area contributed by atoms with E-state index in [9.17, 15) is 9.90 Å². The second-order valence-corrected chi connectivity index (χ2v) is 5.49. The average molecular weight is 241 g/mol. The normalized spacial score (nSPS) is 38.4. The molecule has 98 valence electrons. The van der Waals surface area contributed by atoms with E-state index in [2.05, 4.69) is 13.8 Å². The Balaban J connectivity index is 2.03. The van der Waals surface area contributed by atoms with E-state index in [0.29, 0.717) is 25.0 Å². The molecule has 1 amide bonds. The minimum absolute atomic E-state index is 0.0255. The van der Waals surface area contributed by atoms with Crippen LogP contribution in [0.15, 0.2) is 0 Å². The largest absolute Gasteiger partial charge is 0.394 e. The van der Waals surface area contributed by atoms with E-state index in [4.69, 9.17) is 4.74 Å². The van der Waals surface area contributed by atoms with Crippen LogP contribution in [0.5, 0.6) is 0 Å². The van der Waals surface area contributed by atoms with E-state index in [1.165, 1.54) is 0 Å². The number of carbonyl (C=O) groups is 1. The maximum atomic E-state index is 12.5. The van der Waals surface area contributed by atoms with Gasteiger partial charge < -0.3 is 14.7 Å². The predicted octanol–water partition coefficient (Wildman–Crippen LogP) is 0.888. The Bertz CT molecular complexity index is 282. The van der Waals surface area contributed by atoms with E-state index < -0.39 is 0 Å². The van der Waals surface area contributed by atoms with Crippen molar-refractivity contribution in [3.8, 4) is 0 Å². The van der Waals surface area contributed by atoms with Gasteiger partial charge in [0.2, 0.25) is 5.91 Å². The standard InChI is InChI=1S/C13H23NO3/c1-9-3-5-14(12(9)7-15)13(16)11-4-6-17-8-10(11)2/h9-12,15H,3-8H2,1-2H3. The van der Waals surface area contributed by atoms with Crippen LogP contribution in [0.1, 0.15) is 26.7 Å². The summed E-state index contributed by atoms with van der Waals surface area (Å²) in [5.41, 5.74) is 0. The van der Waals surface area contributed by atoms with Gasteiger partial charge in [0.25, 0.3) is 0 Å². The molecule has 2 fully saturated rings. The van der Waals surface area contributed by atoms with Gasteiger partial charge in [0.15, 0.2) is 0 Å². The van der Waals surface area contributed by atoms with Crippen molar-refractivity contribution < 1.29 is 14.6 Å². The zero-order valence-electron chi connectivity index (χ0n) is 10.8. The number of nitrogens with zero attached hydrogens (tertiary/aromatic N) is 1. The van der Waals surface area contributed by atoms with Gasteiger partial charge in [-0.05, 0) is 24.7 Å². The smallest absolute Gasteiger partial charge is 0.226 e. The minimum Gasteiger partial charge on any atom is -0.394 e. The molecular formula is C13H23NO3. The third kappa shape index (κ3) is 2.47. The Labute approximate surface area is 103 Å². The van der Waals surface area contributed by atoms with E-state index in [0.717, 1.165) is 19.4 Å². The Morgan fingerprint density at radius 1 is 1.35 bits per heavy atom. The van der Waals surface area contributed by atoms with Gasteiger partial charge in [0, 0.05) is 25.7 Å². The second kappa shape index (κ2) is 5.36. The molecule has 0 aromatic rings. The fourth-order valence-electron chi connectivity index (χ4n) is 3.02. The van der Waals surface area contributed by atoms with Crippen molar-refractivity contribution in [3.05, 3.63) is 0 Å². The first-order chi connectivity index (χ1) is 8.15. The second-order valence-electron chi connectivity index (χ2n) is 5.49. The van der Waals surface area contributed by atoms with Crippen LogP contribution in [0.2, 0.25) is 0 Å². The number of ether oxygens (including phenoxy) is 1. The lowest BCUT2D eigenvalue weighted by molar-refractivity contribution is -0.143. The van der Waals surface area contributed by atoms with Crippen molar-refractivity contribution in [3.63, 3.8) is 0 Å². The minimum atomic E-state index is 0.0255. The molecule has 4 heteroatoms. The molecule has 4 unspecified atom stereocenters. The molecule has 2 heterocycles. The van der Waals surface area contributed by atoms with Crippen LogP contribution < -0.4 is 0 Å². The van der Waals surface area contributed by atoms with Gasteiger partial charge in [-0.3, -0.25) is 4.79 Å². The number of likely N-dealkylation sites (tertiary alicyclic amines) is 1. The molecule has 2 rings (SSSR count). The molecule has 0 radical (unpaired) electrons. The summed E-state index contributed by atoms with van der Waals surface area (Å²) in [6.45, 7) is 6.45.